The first-order chi connectivity index (χ1) is 19.5. The van der Waals surface area contributed by atoms with E-state index >= 15 is 0 Å². The van der Waals surface area contributed by atoms with Gasteiger partial charge in [0.1, 0.15) is 5.03 Å². The molecule has 3 aromatic carbocycles. The van der Waals surface area contributed by atoms with Gasteiger partial charge in [0.05, 0.1) is 24.4 Å². The second kappa shape index (κ2) is 12.8. The van der Waals surface area contributed by atoms with Crippen LogP contribution < -0.4 is 5.73 Å². The van der Waals surface area contributed by atoms with E-state index in [1.165, 1.54) is 11.8 Å². The molecule has 4 N–H and O–H groups in total. The van der Waals surface area contributed by atoms with Crippen molar-refractivity contribution in [3.63, 3.8) is 0 Å². The Bertz CT molecular complexity index is 1440. The number of hydrogen-bond acceptors (Lipinski definition) is 7. The molecule has 1 aliphatic heterocycles. The van der Waals surface area contributed by atoms with Crippen molar-refractivity contribution >= 4 is 17.7 Å². The zero-order valence-electron chi connectivity index (χ0n) is 22.1. The lowest BCUT2D eigenvalue weighted by Crippen LogP contribution is -2.38. The van der Waals surface area contributed by atoms with Crippen LogP contribution in [0.2, 0.25) is 0 Å². The van der Waals surface area contributed by atoms with Crippen molar-refractivity contribution in [1.82, 2.24) is 4.98 Å². The van der Waals surface area contributed by atoms with Gasteiger partial charge in [0.2, 0.25) is 0 Å². The van der Waals surface area contributed by atoms with Gasteiger partial charge in [-0.1, -0.05) is 73.7 Å². The molecule has 0 bridgehead atoms. The molecule has 0 amide bonds. The number of thioether (sulfide) groups is 1. The van der Waals surface area contributed by atoms with Crippen molar-refractivity contribution in [2.75, 3.05) is 5.75 Å². The normalized spacial score (nSPS) is 20.8. The number of aliphatic hydroxyl groups is 1. The third kappa shape index (κ3) is 6.27. The fraction of sp³-hybridized carbons (Fsp3) is 0.250. The van der Waals surface area contributed by atoms with Crippen LogP contribution in [0.1, 0.15) is 51.9 Å². The summed E-state index contributed by atoms with van der Waals surface area (Å²) in [6, 6.07) is 27.3. The average molecular weight is 557 g/mol. The topological polar surface area (TPSA) is 115 Å². The Kier molecular flexibility index (Phi) is 8.94. The number of carboxylic acid groups (broad SMARTS) is 1. The monoisotopic (exact) mass is 556 g/mol. The van der Waals surface area contributed by atoms with Crippen LogP contribution in [0, 0.1) is 5.92 Å². The van der Waals surface area contributed by atoms with Gasteiger partial charge >= 0.3 is 5.97 Å². The van der Waals surface area contributed by atoms with Crippen LogP contribution in [0.15, 0.2) is 96.2 Å². The molecule has 4 unspecified atom stereocenters. The number of benzene rings is 3. The van der Waals surface area contributed by atoms with Crippen molar-refractivity contribution in [3.8, 4) is 11.1 Å². The number of pyridine rings is 1. The third-order valence-electron chi connectivity index (χ3n) is 7.19. The summed E-state index contributed by atoms with van der Waals surface area (Å²) in [4.78, 5) is 16.0. The maximum absolute atomic E-state index is 11.7. The van der Waals surface area contributed by atoms with Crippen LogP contribution in [-0.4, -0.2) is 33.0 Å². The predicted octanol–water partition coefficient (Wildman–Crippen LogP) is 5.98. The van der Waals surface area contributed by atoms with Crippen LogP contribution in [0.5, 0.6) is 0 Å². The van der Waals surface area contributed by atoms with Gasteiger partial charge in [-0.3, -0.25) is 0 Å². The van der Waals surface area contributed by atoms with Gasteiger partial charge in [-0.2, -0.15) is 0 Å². The minimum atomic E-state index is -1.01. The quantitative estimate of drug-likeness (QED) is 0.216. The summed E-state index contributed by atoms with van der Waals surface area (Å²) in [5.41, 5.74) is 12.0. The minimum Gasteiger partial charge on any atom is -0.478 e. The Hall–Kier alpha value is -3.53. The average Bonchev–Trinajstić information content (AvgIpc) is 3.01. The molecule has 4 aromatic rings. The van der Waals surface area contributed by atoms with Crippen molar-refractivity contribution in [2.45, 2.75) is 43.6 Å². The van der Waals surface area contributed by atoms with E-state index in [0.29, 0.717) is 17.3 Å². The van der Waals surface area contributed by atoms with Gasteiger partial charge in [0, 0.05) is 30.0 Å². The Morgan fingerprint density at radius 1 is 0.925 bits per heavy atom. The predicted molar refractivity (Wildman–Crippen MR) is 155 cm³/mol. The Morgan fingerprint density at radius 2 is 1.68 bits per heavy atom. The molecule has 8 heteroatoms. The summed E-state index contributed by atoms with van der Waals surface area (Å²) in [6.45, 7) is 2.54. The molecule has 0 aliphatic carbocycles. The number of aromatic carboxylic acids is 1. The Labute approximate surface area is 238 Å². The second-order valence-electron chi connectivity index (χ2n) is 9.82. The lowest BCUT2D eigenvalue weighted by molar-refractivity contribution is -0.268. The molecular formula is C32H32N2O5S. The van der Waals surface area contributed by atoms with Crippen LogP contribution in [-0.2, 0) is 22.6 Å². The number of hydrogen-bond donors (Lipinski definition) is 3. The summed E-state index contributed by atoms with van der Waals surface area (Å²) < 4.78 is 13.1. The molecule has 1 fully saturated rings. The number of ether oxygens (including phenoxy) is 2. The molecular weight excluding hydrogens is 524 g/mol. The maximum Gasteiger partial charge on any atom is 0.338 e. The summed E-state index contributed by atoms with van der Waals surface area (Å²) in [5, 5.41) is 19.5. The van der Waals surface area contributed by atoms with Crippen molar-refractivity contribution in [1.29, 1.82) is 0 Å². The molecule has 0 radical (unpaired) electrons. The van der Waals surface area contributed by atoms with Crippen LogP contribution in [0.25, 0.3) is 11.1 Å². The number of nitrogens with two attached hydrogens (primary N) is 1. The molecule has 206 valence electrons. The lowest BCUT2D eigenvalue weighted by Gasteiger charge is -2.41. The van der Waals surface area contributed by atoms with Gasteiger partial charge < -0.3 is 25.4 Å². The highest BCUT2D eigenvalue weighted by atomic mass is 32.2. The first-order valence-electron chi connectivity index (χ1n) is 13.2. The number of nitrogens with zero attached hydrogens (tertiary/aromatic N) is 1. The molecule has 7 nitrogen and oxygen atoms in total. The summed E-state index contributed by atoms with van der Waals surface area (Å²) in [5.74, 6) is -0.527. The highest BCUT2D eigenvalue weighted by Crippen LogP contribution is 2.43. The number of aliphatic hydroxyl groups excluding tert-OH is 1. The van der Waals surface area contributed by atoms with E-state index in [1.54, 1.807) is 18.3 Å². The largest absolute Gasteiger partial charge is 0.478 e. The molecule has 1 saturated heterocycles. The van der Waals surface area contributed by atoms with Gasteiger partial charge in [-0.15, -0.1) is 11.8 Å². The number of aromatic nitrogens is 1. The molecule has 2 heterocycles. The Balaban J connectivity index is 1.41. The van der Waals surface area contributed by atoms with Gasteiger partial charge in [-0.25, -0.2) is 9.78 Å². The molecule has 40 heavy (non-hydrogen) atoms. The molecule has 1 aromatic heterocycles. The minimum absolute atomic E-state index is 0.0249. The third-order valence-corrected chi connectivity index (χ3v) is 8.28. The summed E-state index contributed by atoms with van der Waals surface area (Å²) >= 11 is 1.37. The molecule has 5 rings (SSSR count). The first-order valence-corrected chi connectivity index (χ1v) is 14.2. The SMILES string of the molecule is CC1C(CSc2ncccc2C(=O)O)OC(c2ccc(-c3cccc(CN)c3)cc2)OC1c1ccc(CO)cc1. The molecule has 4 atom stereocenters. The number of rotatable bonds is 9. The van der Waals surface area contributed by atoms with Gasteiger partial charge in [0.25, 0.3) is 0 Å². The highest BCUT2D eigenvalue weighted by Gasteiger charge is 2.38. The molecule has 0 saturated carbocycles. The van der Waals surface area contributed by atoms with E-state index < -0.39 is 12.3 Å². The van der Waals surface area contributed by atoms with Gasteiger partial charge in [0.15, 0.2) is 6.29 Å². The zero-order chi connectivity index (χ0) is 28.1. The summed E-state index contributed by atoms with van der Waals surface area (Å²) in [6.07, 6.45) is 0.482. The lowest BCUT2D eigenvalue weighted by atomic mass is 9.91. The summed E-state index contributed by atoms with van der Waals surface area (Å²) in [7, 11) is 0. The fourth-order valence-electron chi connectivity index (χ4n) is 4.85. The number of carboxylic acids is 1. The standard InChI is InChI=1S/C32H32N2O5S/c1-20-28(19-40-30-27(31(36)37)6-3-15-34-30)38-32(39-29(20)24-9-7-21(18-35)8-10-24)25-13-11-23(12-14-25)26-5-2-4-22(16-26)17-33/h2-16,20,28-29,32,35H,17-19,33H2,1H3,(H,36,37). The van der Waals surface area contributed by atoms with Crippen molar-refractivity contribution in [2.24, 2.45) is 11.7 Å². The zero-order valence-corrected chi connectivity index (χ0v) is 23.0. The van der Waals surface area contributed by atoms with E-state index in [0.717, 1.165) is 33.4 Å². The van der Waals surface area contributed by atoms with Crippen molar-refractivity contribution < 1.29 is 24.5 Å². The second-order valence-corrected chi connectivity index (χ2v) is 10.8. The van der Waals surface area contributed by atoms with E-state index in [-0.39, 0.29) is 30.3 Å². The van der Waals surface area contributed by atoms with E-state index in [9.17, 15) is 15.0 Å². The smallest absolute Gasteiger partial charge is 0.338 e. The van der Waals surface area contributed by atoms with Gasteiger partial charge in [-0.05, 0) is 46.0 Å². The first kappa shape index (κ1) is 28.0. The van der Waals surface area contributed by atoms with Crippen LogP contribution in [0.3, 0.4) is 0 Å². The van der Waals surface area contributed by atoms with E-state index in [2.05, 4.69) is 36.2 Å². The van der Waals surface area contributed by atoms with Crippen LogP contribution >= 0.6 is 11.8 Å². The van der Waals surface area contributed by atoms with E-state index in [1.807, 2.05) is 48.5 Å². The Morgan fingerprint density at radius 3 is 2.38 bits per heavy atom. The van der Waals surface area contributed by atoms with E-state index in [4.69, 9.17) is 15.2 Å². The van der Waals surface area contributed by atoms with Crippen LogP contribution in [0.4, 0.5) is 0 Å². The fourth-order valence-corrected chi connectivity index (χ4v) is 6.00. The molecule has 0 spiro atoms. The maximum atomic E-state index is 11.7. The highest BCUT2D eigenvalue weighted by molar-refractivity contribution is 7.99. The number of carbonyl (C=O) groups is 1. The molecule has 1 aliphatic rings. The van der Waals surface area contributed by atoms with Crippen molar-refractivity contribution in [3.05, 3.63) is 119 Å².